The Kier molecular flexibility index (Phi) is 5.19. The molecule has 6 heteroatoms. The van der Waals surface area contributed by atoms with Gasteiger partial charge >= 0.3 is 0 Å². The van der Waals surface area contributed by atoms with Gasteiger partial charge in [-0.2, -0.15) is 0 Å². The maximum Gasteiger partial charge on any atom is 0.152 e. The van der Waals surface area contributed by atoms with Crippen molar-refractivity contribution in [1.29, 1.82) is 0 Å². The van der Waals surface area contributed by atoms with Crippen molar-refractivity contribution in [1.82, 2.24) is 0 Å². The Labute approximate surface area is 116 Å². The van der Waals surface area contributed by atoms with E-state index in [0.717, 1.165) is 10.7 Å². The summed E-state index contributed by atoms with van der Waals surface area (Å²) >= 11 is 3.30. The van der Waals surface area contributed by atoms with E-state index in [-0.39, 0.29) is 0 Å². The summed E-state index contributed by atoms with van der Waals surface area (Å²) in [7, 11) is -3.32. The highest BCUT2D eigenvalue weighted by molar-refractivity contribution is 9.10. The zero-order valence-corrected chi connectivity index (χ0v) is 13.0. The molecule has 0 aliphatic heterocycles. The highest BCUT2D eigenvalue weighted by Crippen LogP contribution is 2.32. The van der Waals surface area contributed by atoms with Crippen LogP contribution in [0.2, 0.25) is 0 Å². The standard InChI is InChI=1S/C12H17BrO4S/c1-4-17-11-6-5-9(13)7-10(11)12(14)8(2)18(3,15)16/h5-8,12,14H,4H2,1-3H3. The summed E-state index contributed by atoms with van der Waals surface area (Å²) in [6.45, 7) is 3.77. The number of hydrogen-bond donors (Lipinski definition) is 1. The minimum atomic E-state index is -3.32. The lowest BCUT2D eigenvalue weighted by Crippen LogP contribution is -2.24. The summed E-state index contributed by atoms with van der Waals surface area (Å²) in [4.78, 5) is 0. The molecule has 1 rings (SSSR count). The quantitative estimate of drug-likeness (QED) is 0.896. The molecule has 0 aliphatic rings. The number of ether oxygens (including phenoxy) is 1. The van der Waals surface area contributed by atoms with E-state index in [1.807, 2.05) is 6.92 Å². The molecule has 0 spiro atoms. The Morgan fingerprint density at radius 2 is 2.06 bits per heavy atom. The number of sulfone groups is 1. The van der Waals surface area contributed by atoms with E-state index in [1.54, 1.807) is 18.2 Å². The molecule has 0 aliphatic carbocycles. The van der Waals surface area contributed by atoms with Gasteiger partial charge in [-0.1, -0.05) is 15.9 Å². The van der Waals surface area contributed by atoms with E-state index in [0.29, 0.717) is 17.9 Å². The van der Waals surface area contributed by atoms with Crippen LogP contribution < -0.4 is 4.74 Å². The second-order valence-corrected chi connectivity index (χ2v) is 7.41. The maximum atomic E-state index is 11.5. The van der Waals surface area contributed by atoms with Crippen molar-refractivity contribution in [3.8, 4) is 5.75 Å². The van der Waals surface area contributed by atoms with E-state index in [9.17, 15) is 13.5 Å². The zero-order chi connectivity index (χ0) is 13.9. The van der Waals surface area contributed by atoms with Gasteiger partial charge in [0.2, 0.25) is 0 Å². The lowest BCUT2D eigenvalue weighted by atomic mass is 10.1. The first-order valence-electron chi connectivity index (χ1n) is 5.56. The Hall–Kier alpha value is -0.590. The van der Waals surface area contributed by atoms with Crippen molar-refractivity contribution in [3.63, 3.8) is 0 Å². The molecule has 102 valence electrons. The van der Waals surface area contributed by atoms with Gasteiger partial charge in [-0.25, -0.2) is 8.42 Å². The van der Waals surface area contributed by atoms with E-state index in [4.69, 9.17) is 4.74 Å². The third-order valence-electron chi connectivity index (χ3n) is 2.71. The van der Waals surface area contributed by atoms with Crippen LogP contribution in [0.4, 0.5) is 0 Å². The summed E-state index contributed by atoms with van der Waals surface area (Å²) in [5, 5.41) is 9.29. The molecule has 1 N–H and O–H groups in total. The number of aliphatic hydroxyl groups excluding tert-OH is 1. The maximum absolute atomic E-state index is 11.5. The monoisotopic (exact) mass is 336 g/mol. The van der Waals surface area contributed by atoms with Crippen molar-refractivity contribution >= 4 is 25.8 Å². The van der Waals surface area contributed by atoms with E-state index >= 15 is 0 Å². The van der Waals surface area contributed by atoms with Gasteiger partial charge in [-0.05, 0) is 32.0 Å². The van der Waals surface area contributed by atoms with Crippen molar-refractivity contribution in [3.05, 3.63) is 28.2 Å². The molecule has 0 saturated carbocycles. The second kappa shape index (κ2) is 6.04. The molecule has 0 radical (unpaired) electrons. The van der Waals surface area contributed by atoms with Crippen LogP contribution in [0.5, 0.6) is 5.75 Å². The minimum absolute atomic E-state index is 0.453. The molecule has 1 aromatic carbocycles. The second-order valence-electron chi connectivity index (χ2n) is 4.09. The average molecular weight is 337 g/mol. The first-order chi connectivity index (χ1) is 8.27. The van der Waals surface area contributed by atoms with Crippen LogP contribution in [-0.4, -0.2) is 31.6 Å². The van der Waals surface area contributed by atoms with Crippen LogP contribution in [0, 0.1) is 0 Å². The Morgan fingerprint density at radius 3 is 2.56 bits per heavy atom. The molecule has 18 heavy (non-hydrogen) atoms. The summed E-state index contributed by atoms with van der Waals surface area (Å²) < 4.78 is 29.1. The van der Waals surface area contributed by atoms with Gasteiger partial charge in [0.15, 0.2) is 9.84 Å². The van der Waals surface area contributed by atoms with Gasteiger partial charge in [0.1, 0.15) is 5.75 Å². The molecule has 2 atom stereocenters. The molecule has 0 aromatic heterocycles. The first-order valence-corrected chi connectivity index (χ1v) is 8.31. The summed E-state index contributed by atoms with van der Waals surface area (Å²) in [6.07, 6.45) is -0.00165. The van der Waals surface area contributed by atoms with Gasteiger partial charge in [0.05, 0.1) is 18.0 Å². The predicted molar refractivity (Wildman–Crippen MR) is 74.6 cm³/mol. The van der Waals surface area contributed by atoms with Gasteiger partial charge in [-0.3, -0.25) is 0 Å². The molecule has 0 fully saturated rings. The number of hydrogen-bond acceptors (Lipinski definition) is 4. The summed E-state index contributed by atoms with van der Waals surface area (Å²) in [6, 6.07) is 5.17. The number of aliphatic hydroxyl groups is 1. The lowest BCUT2D eigenvalue weighted by molar-refractivity contribution is 0.170. The minimum Gasteiger partial charge on any atom is -0.493 e. The molecule has 0 heterocycles. The highest BCUT2D eigenvalue weighted by atomic mass is 79.9. The van der Waals surface area contributed by atoms with Crippen molar-refractivity contribution in [2.45, 2.75) is 25.2 Å². The predicted octanol–water partition coefficient (Wildman–Crippen LogP) is 2.31. The number of rotatable bonds is 5. The smallest absolute Gasteiger partial charge is 0.152 e. The average Bonchev–Trinajstić information content (AvgIpc) is 2.28. The normalized spacial score (nSPS) is 15.2. The largest absolute Gasteiger partial charge is 0.493 e. The molecule has 2 unspecified atom stereocenters. The molecule has 0 bridgehead atoms. The molecule has 4 nitrogen and oxygen atoms in total. The number of benzene rings is 1. The van der Waals surface area contributed by atoms with Crippen LogP contribution in [-0.2, 0) is 9.84 Å². The third kappa shape index (κ3) is 3.70. The topological polar surface area (TPSA) is 63.6 Å². The lowest BCUT2D eigenvalue weighted by Gasteiger charge is -2.20. The molecule has 0 saturated heterocycles. The molecular formula is C12H17BrO4S. The number of halogens is 1. The van der Waals surface area contributed by atoms with Gasteiger partial charge in [0, 0.05) is 16.3 Å². The third-order valence-corrected chi connectivity index (χ3v) is 4.81. The van der Waals surface area contributed by atoms with E-state index in [1.165, 1.54) is 6.92 Å². The fraction of sp³-hybridized carbons (Fsp3) is 0.500. The van der Waals surface area contributed by atoms with Crippen molar-refractivity contribution < 1.29 is 18.3 Å². The highest BCUT2D eigenvalue weighted by Gasteiger charge is 2.27. The van der Waals surface area contributed by atoms with Gasteiger partial charge in [0.25, 0.3) is 0 Å². The fourth-order valence-electron chi connectivity index (χ4n) is 1.52. The Balaban J connectivity index is 3.18. The van der Waals surface area contributed by atoms with E-state index < -0.39 is 21.2 Å². The van der Waals surface area contributed by atoms with E-state index in [2.05, 4.69) is 15.9 Å². The van der Waals surface area contributed by atoms with Crippen LogP contribution in [0.3, 0.4) is 0 Å². The Bertz CT molecular complexity index is 513. The van der Waals surface area contributed by atoms with Crippen LogP contribution in [0.25, 0.3) is 0 Å². The van der Waals surface area contributed by atoms with Crippen LogP contribution >= 0.6 is 15.9 Å². The molecule has 1 aromatic rings. The first kappa shape index (κ1) is 15.5. The Morgan fingerprint density at radius 1 is 1.44 bits per heavy atom. The summed E-state index contributed by atoms with van der Waals surface area (Å²) in [5.41, 5.74) is 0.476. The fourth-order valence-corrected chi connectivity index (χ4v) is 2.52. The van der Waals surface area contributed by atoms with Crippen LogP contribution in [0.15, 0.2) is 22.7 Å². The SMILES string of the molecule is CCOc1ccc(Br)cc1C(O)C(C)S(C)(=O)=O. The summed E-state index contributed by atoms with van der Waals surface area (Å²) in [5.74, 6) is 0.503. The van der Waals surface area contributed by atoms with Crippen LogP contribution in [0.1, 0.15) is 25.5 Å². The van der Waals surface area contributed by atoms with Crippen molar-refractivity contribution in [2.75, 3.05) is 12.9 Å². The molecule has 0 amide bonds. The van der Waals surface area contributed by atoms with Gasteiger partial charge < -0.3 is 9.84 Å². The zero-order valence-electron chi connectivity index (χ0n) is 10.6. The molecular weight excluding hydrogens is 320 g/mol. The van der Waals surface area contributed by atoms with Crippen molar-refractivity contribution in [2.24, 2.45) is 0 Å². The van der Waals surface area contributed by atoms with Gasteiger partial charge in [-0.15, -0.1) is 0 Å².